The average Bonchev–Trinajstić information content (AvgIpc) is 3.29. The van der Waals surface area contributed by atoms with Crippen LogP contribution in [-0.4, -0.2) is 37.3 Å². The van der Waals surface area contributed by atoms with E-state index in [2.05, 4.69) is 19.9 Å². The standard InChI is InChI=1S/C20H17ClN6O/c21-13-6-12(8-23-9-13)11-3-4-14-15(7-11)24-20(22)19-18(14)25-16(26-19)10-27-5-1-2-17(27)28/h3-4,6-9H,1-2,5,10H2,(H2,22,24)(H,25,26). The molecular weight excluding hydrogens is 376 g/mol. The lowest BCUT2D eigenvalue weighted by Gasteiger charge is -2.12. The van der Waals surface area contributed by atoms with Crippen molar-refractivity contribution in [2.24, 2.45) is 0 Å². The molecule has 1 amide bonds. The summed E-state index contributed by atoms with van der Waals surface area (Å²) in [6.07, 6.45) is 4.86. The molecule has 1 saturated heterocycles. The van der Waals surface area contributed by atoms with Gasteiger partial charge in [0.2, 0.25) is 5.91 Å². The second-order valence-electron chi connectivity index (χ2n) is 6.95. The first-order valence-electron chi connectivity index (χ1n) is 9.05. The van der Waals surface area contributed by atoms with Crippen molar-refractivity contribution in [1.82, 2.24) is 24.8 Å². The van der Waals surface area contributed by atoms with E-state index in [0.717, 1.165) is 46.3 Å². The number of hydrogen-bond donors (Lipinski definition) is 2. The number of nitrogens with two attached hydrogens (primary N) is 1. The van der Waals surface area contributed by atoms with Crippen molar-refractivity contribution < 1.29 is 4.79 Å². The van der Waals surface area contributed by atoms with Gasteiger partial charge in [-0.2, -0.15) is 0 Å². The molecule has 28 heavy (non-hydrogen) atoms. The summed E-state index contributed by atoms with van der Waals surface area (Å²) in [6.45, 7) is 1.22. The summed E-state index contributed by atoms with van der Waals surface area (Å²) in [4.78, 5) is 30.3. The number of carbonyl (C=O) groups is 1. The van der Waals surface area contributed by atoms with Crippen LogP contribution in [0.2, 0.25) is 5.02 Å². The van der Waals surface area contributed by atoms with Crippen molar-refractivity contribution >= 4 is 45.3 Å². The minimum Gasteiger partial charge on any atom is -0.382 e. The van der Waals surface area contributed by atoms with Gasteiger partial charge in [0.25, 0.3) is 0 Å². The SMILES string of the molecule is Nc1nc2cc(-c3cncc(Cl)c3)ccc2c2[nH]c(CN3CCCC3=O)nc12. The number of hydrogen-bond acceptors (Lipinski definition) is 5. The van der Waals surface area contributed by atoms with Crippen LogP contribution in [0.1, 0.15) is 18.7 Å². The fourth-order valence-corrected chi connectivity index (χ4v) is 3.87. The number of H-pyrrole nitrogens is 1. The number of halogens is 1. The minimum atomic E-state index is 0.163. The minimum absolute atomic E-state index is 0.163. The van der Waals surface area contributed by atoms with E-state index in [1.165, 1.54) is 0 Å². The molecule has 5 rings (SSSR count). The van der Waals surface area contributed by atoms with Crippen LogP contribution in [0.3, 0.4) is 0 Å². The van der Waals surface area contributed by atoms with Crippen molar-refractivity contribution in [3.63, 3.8) is 0 Å². The summed E-state index contributed by atoms with van der Waals surface area (Å²) in [7, 11) is 0. The quantitative estimate of drug-likeness (QED) is 0.555. The molecule has 4 aromatic rings. The van der Waals surface area contributed by atoms with E-state index in [1.54, 1.807) is 12.4 Å². The Kier molecular flexibility index (Phi) is 3.91. The van der Waals surface area contributed by atoms with E-state index in [9.17, 15) is 4.79 Å². The van der Waals surface area contributed by atoms with Crippen molar-refractivity contribution in [3.8, 4) is 11.1 Å². The highest BCUT2D eigenvalue weighted by Crippen LogP contribution is 2.30. The Hall–Kier alpha value is -3.19. The first-order valence-corrected chi connectivity index (χ1v) is 9.43. The second kappa shape index (κ2) is 6.45. The molecule has 3 N–H and O–H groups in total. The number of aromatic nitrogens is 4. The molecule has 0 spiro atoms. The van der Waals surface area contributed by atoms with Gasteiger partial charge in [0.1, 0.15) is 11.3 Å². The van der Waals surface area contributed by atoms with Gasteiger partial charge in [-0.05, 0) is 24.1 Å². The van der Waals surface area contributed by atoms with Gasteiger partial charge in [-0.3, -0.25) is 9.78 Å². The van der Waals surface area contributed by atoms with Crippen molar-refractivity contribution in [1.29, 1.82) is 0 Å². The molecule has 1 fully saturated rings. The Balaban J connectivity index is 1.60. The molecule has 1 aliphatic rings. The Bertz CT molecular complexity index is 1230. The maximum Gasteiger partial charge on any atom is 0.223 e. The zero-order chi connectivity index (χ0) is 19.3. The first kappa shape index (κ1) is 16.9. The van der Waals surface area contributed by atoms with Gasteiger partial charge in [-0.1, -0.05) is 23.7 Å². The van der Waals surface area contributed by atoms with E-state index in [-0.39, 0.29) is 5.91 Å². The number of nitrogens with one attached hydrogen (secondary N) is 1. The van der Waals surface area contributed by atoms with Crippen LogP contribution < -0.4 is 5.73 Å². The van der Waals surface area contributed by atoms with E-state index < -0.39 is 0 Å². The molecule has 0 unspecified atom stereocenters. The number of fused-ring (bicyclic) bond motifs is 3. The molecule has 1 aromatic carbocycles. The number of aromatic amines is 1. The van der Waals surface area contributed by atoms with E-state index in [4.69, 9.17) is 17.3 Å². The predicted octanol–water partition coefficient (Wildman–Crippen LogP) is 3.53. The molecule has 3 aromatic heterocycles. The lowest BCUT2D eigenvalue weighted by molar-refractivity contribution is -0.128. The fourth-order valence-electron chi connectivity index (χ4n) is 3.70. The zero-order valence-corrected chi connectivity index (χ0v) is 15.7. The topological polar surface area (TPSA) is 101 Å². The van der Waals surface area contributed by atoms with Crippen molar-refractivity contribution in [2.45, 2.75) is 19.4 Å². The molecule has 0 radical (unpaired) electrons. The molecular formula is C20H17ClN6O. The Morgan fingerprint density at radius 2 is 2.07 bits per heavy atom. The maximum atomic E-state index is 11.9. The maximum absolute atomic E-state index is 11.9. The Morgan fingerprint density at radius 3 is 2.86 bits per heavy atom. The molecule has 7 nitrogen and oxygen atoms in total. The summed E-state index contributed by atoms with van der Waals surface area (Å²) in [5.41, 5.74) is 10.3. The number of pyridine rings is 2. The predicted molar refractivity (Wildman–Crippen MR) is 109 cm³/mol. The van der Waals surface area contributed by atoms with E-state index in [0.29, 0.717) is 29.3 Å². The zero-order valence-electron chi connectivity index (χ0n) is 14.9. The highest BCUT2D eigenvalue weighted by Gasteiger charge is 2.22. The fraction of sp³-hybridized carbons (Fsp3) is 0.200. The number of nitrogen functional groups attached to an aromatic ring is 1. The van der Waals surface area contributed by atoms with Gasteiger partial charge in [0.05, 0.1) is 22.6 Å². The van der Waals surface area contributed by atoms with Crippen LogP contribution >= 0.6 is 11.6 Å². The van der Waals surface area contributed by atoms with Crippen molar-refractivity contribution in [2.75, 3.05) is 12.3 Å². The number of carbonyl (C=O) groups excluding carboxylic acids is 1. The normalized spacial score (nSPS) is 14.5. The van der Waals surface area contributed by atoms with Gasteiger partial charge in [-0.15, -0.1) is 0 Å². The number of imidazole rings is 1. The third-order valence-electron chi connectivity index (χ3n) is 5.05. The second-order valence-corrected chi connectivity index (χ2v) is 7.38. The van der Waals surface area contributed by atoms with Crippen LogP contribution in [-0.2, 0) is 11.3 Å². The average molecular weight is 393 g/mol. The van der Waals surface area contributed by atoms with Crippen LogP contribution in [0.25, 0.3) is 33.1 Å². The van der Waals surface area contributed by atoms with E-state index in [1.807, 2.05) is 29.2 Å². The number of benzene rings is 1. The largest absolute Gasteiger partial charge is 0.382 e. The number of likely N-dealkylation sites (tertiary alicyclic amines) is 1. The Morgan fingerprint density at radius 1 is 1.18 bits per heavy atom. The number of anilines is 1. The number of rotatable bonds is 3. The summed E-state index contributed by atoms with van der Waals surface area (Å²) in [5.74, 6) is 1.24. The van der Waals surface area contributed by atoms with Gasteiger partial charge < -0.3 is 15.6 Å². The lowest BCUT2D eigenvalue weighted by Crippen LogP contribution is -2.24. The van der Waals surface area contributed by atoms with Gasteiger partial charge in [-0.25, -0.2) is 9.97 Å². The lowest BCUT2D eigenvalue weighted by atomic mass is 10.0. The van der Waals surface area contributed by atoms with E-state index >= 15 is 0 Å². The molecule has 0 atom stereocenters. The summed E-state index contributed by atoms with van der Waals surface area (Å²) in [6, 6.07) is 7.81. The molecule has 0 saturated carbocycles. The third-order valence-corrected chi connectivity index (χ3v) is 5.26. The molecule has 140 valence electrons. The Labute approximate surface area is 165 Å². The van der Waals surface area contributed by atoms with Gasteiger partial charge in [0.15, 0.2) is 5.82 Å². The number of nitrogens with zero attached hydrogens (tertiary/aromatic N) is 4. The van der Waals surface area contributed by atoms with Crippen LogP contribution in [0.4, 0.5) is 5.82 Å². The van der Waals surface area contributed by atoms with Crippen LogP contribution in [0, 0.1) is 0 Å². The third kappa shape index (κ3) is 2.84. The van der Waals surface area contributed by atoms with Crippen LogP contribution in [0.5, 0.6) is 0 Å². The summed E-state index contributed by atoms with van der Waals surface area (Å²) in [5, 5.41) is 1.50. The van der Waals surface area contributed by atoms with Crippen molar-refractivity contribution in [3.05, 3.63) is 47.5 Å². The highest BCUT2D eigenvalue weighted by molar-refractivity contribution is 6.30. The summed E-state index contributed by atoms with van der Waals surface area (Å²) >= 11 is 6.06. The highest BCUT2D eigenvalue weighted by atomic mass is 35.5. The first-order chi connectivity index (χ1) is 13.6. The smallest absolute Gasteiger partial charge is 0.223 e. The molecule has 4 heterocycles. The number of amides is 1. The molecule has 0 bridgehead atoms. The molecule has 1 aliphatic heterocycles. The molecule has 8 heteroatoms. The molecule has 0 aliphatic carbocycles. The van der Waals surface area contributed by atoms with Gasteiger partial charge in [0, 0.05) is 36.3 Å². The monoisotopic (exact) mass is 392 g/mol. The van der Waals surface area contributed by atoms with Gasteiger partial charge >= 0.3 is 0 Å². The van der Waals surface area contributed by atoms with Crippen LogP contribution in [0.15, 0.2) is 36.7 Å². The summed E-state index contributed by atoms with van der Waals surface area (Å²) < 4.78 is 0.